The van der Waals surface area contributed by atoms with Crippen LogP contribution in [-0.4, -0.2) is 39.5 Å². The zero-order valence-corrected chi connectivity index (χ0v) is 15.1. The summed E-state index contributed by atoms with van der Waals surface area (Å²) in [5.74, 6) is 1.60. The molecular formula is C20H16N8. The second-order valence-electron chi connectivity index (χ2n) is 6.28. The Balaban J connectivity index is 1.52. The molecule has 5 aromatic rings. The number of aromatic nitrogens is 8. The summed E-state index contributed by atoms with van der Waals surface area (Å²) in [6.45, 7) is 1.87. The molecule has 0 N–H and O–H groups in total. The van der Waals surface area contributed by atoms with Gasteiger partial charge in [-0.25, -0.2) is 9.67 Å². The zero-order chi connectivity index (χ0) is 18.9. The highest BCUT2D eigenvalue weighted by molar-refractivity contribution is 5.62. The molecule has 0 aliphatic rings. The minimum absolute atomic E-state index is 0.742. The highest BCUT2D eigenvalue weighted by Gasteiger charge is 2.10. The molecule has 8 nitrogen and oxygen atoms in total. The summed E-state index contributed by atoms with van der Waals surface area (Å²) < 4.78 is 5.59. The number of benzene rings is 2. The highest BCUT2D eigenvalue weighted by atomic mass is 15.5. The summed E-state index contributed by atoms with van der Waals surface area (Å²) >= 11 is 0. The maximum absolute atomic E-state index is 4.57. The number of rotatable bonds is 4. The largest absolute Gasteiger partial charge is 0.300 e. The van der Waals surface area contributed by atoms with E-state index < -0.39 is 0 Å². The molecule has 0 radical (unpaired) electrons. The maximum Gasteiger partial charge on any atom is 0.153 e. The molecule has 3 heterocycles. The van der Waals surface area contributed by atoms with Crippen molar-refractivity contribution in [2.24, 2.45) is 0 Å². The van der Waals surface area contributed by atoms with Gasteiger partial charge >= 0.3 is 0 Å². The van der Waals surface area contributed by atoms with Gasteiger partial charge in [0.05, 0.1) is 11.4 Å². The molecule has 5 rings (SSSR count). The van der Waals surface area contributed by atoms with Crippen molar-refractivity contribution >= 4 is 0 Å². The normalized spacial score (nSPS) is 11.0. The number of tetrazole rings is 1. The zero-order valence-electron chi connectivity index (χ0n) is 15.1. The van der Waals surface area contributed by atoms with E-state index in [4.69, 9.17) is 0 Å². The fourth-order valence-electron chi connectivity index (χ4n) is 3.16. The van der Waals surface area contributed by atoms with Crippen molar-refractivity contribution in [3.8, 4) is 28.5 Å². The van der Waals surface area contributed by atoms with Crippen LogP contribution >= 0.6 is 0 Å². The predicted molar refractivity (Wildman–Crippen MR) is 104 cm³/mol. The topological polar surface area (TPSA) is 79.2 Å². The van der Waals surface area contributed by atoms with E-state index in [1.54, 1.807) is 17.1 Å². The van der Waals surface area contributed by atoms with Crippen LogP contribution in [0.3, 0.4) is 0 Å². The Hall–Kier alpha value is -4.07. The summed E-state index contributed by atoms with van der Waals surface area (Å²) in [6, 6.07) is 18.1. The third-order valence-corrected chi connectivity index (χ3v) is 4.51. The lowest BCUT2D eigenvalue weighted by Gasteiger charge is -2.10. The van der Waals surface area contributed by atoms with Gasteiger partial charge in [0.2, 0.25) is 0 Å². The first-order valence-electron chi connectivity index (χ1n) is 8.79. The van der Waals surface area contributed by atoms with Crippen molar-refractivity contribution in [2.75, 3.05) is 0 Å². The van der Waals surface area contributed by atoms with E-state index >= 15 is 0 Å². The lowest BCUT2D eigenvalue weighted by atomic mass is 10.2. The summed E-state index contributed by atoms with van der Waals surface area (Å²) in [5.41, 5.74) is 3.92. The van der Waals surface area contributed by atoms with Gasteiger partial charge in [0, 0.05) is 36.0 Å². The first-order valence-corrected chi connectivity index (χ1v) is 8.79. The Bertz CT molecular complexity index is 1220. The van der Waals surface area contributed by atoms with Crippen molar-refractivity contribution < 1.29 is 0 Å². The van der Waals surface area contributed by atoms with Crippen LogP contribution in [0.5, 0.6) is 0 Å². The second-order valence-corrected chi connectivity index (χ2v) is 6.28. The van der Waals surface area contributed by atoms with Gasteiger partial charge in [-0.15, -0.1) is 5.10 Å². The molecule has 0 saturated carbocycles. The van der Waals surface area contributed by atoms with Crippen molar-refractivity contribution in [1.29, 1.82) is 0 Å². The summed E-state index contributed by atoms with van der Waals surface area (Å²) in [6.07, 6.45) is 7.44. The standard InChI is InChI=1S/C20H16N8/c1-15-23-24-25-28(15)18-8-6-17(7-9-18)26-13-11-21-20(26)16-4-2-5-19(14-16)27-12-3-10-22-27/h2-14H,1H3. The highest BCUT2D eigenvalue weighted by Crippen LogP contribution is 2.24. The average molecular weight is 368 g/mol. The molecule has 8 heteroatoms. The van der Waals surface area contributed by atoms with Crippen LogP contribution in [0, 0.1) is 6.92 Å². The van der Waals surface area contributed by atoms with Crippen LogP contribution in [0.1, 0.15) is 5.82 Å². The molecule has 0 saturated heterocycles. The molecule has 0 spiro atoms. The predicted octanol–water partition coefficient (Wildman–Crippen LogP) is 3.01. The van der Waals surface area contributed by atoms with Gasteiger partial charge in [0.15, 0.2) is 5.82 Å². The first kappa shape index (κ1) is 16.1. The minimum atomic E-state index is 0.742. The van der Waals surface area contributed by atoms with Crippen LogP contribution in [-0.2, 0) is 0 Å². The fourth-order valence-corrected chi connectivity index (χ4v) is 3.16. The van der Waals surface area contributed by atoms with Gasteiger partial charge in [-0.2, -0.15) is 9.78 Å². The van der Waals surface area contributed by atoms with Gasteiger partial charge in [-0.05, 0) is 59.8 Å². The number of aryl methyl sites for hydroxylation is 1. The molecule has 136 valence electrons. The van der Waals surface area contributed by atoms with E-state index in [1.165, 1.54) is 0 Å². The third-order valence-electron chi connectivity index (χ3n) is 4.51. The molecule has 0 aliphatic carbocycles. The molecule has 2 aromatic carbocycles. The van der Waals surface area contributed by atoms with Crippen LogP contribution in [0.4, 0.5) is 0 Å². The Labute approximate surface area is 160 Å². The molecule has 0 unspecified atom stereocenters. The molecule has 0 atom stereocenters. The second kappa shape index (κ2) is 6.58. The maximum atomic E-state index is 4.57. The Morgan fingerprint density at radius 3 is 2.43 bits per heavy atom. The van der Waals surface area contributed by atoms with Crippen molar-refractivity contribution in [3.63, 3.8) is 0 Å². The fraction of sp³-hybridized carbons (Fsp3) is 0.0500. The van der Waals surface area contributed by atoms with E-state index in [-0.39, 0.29) is 0 Å². The summed E-state index contributed by atoms with van der Waals surface area (Å²) in [5, 5.41) is 15.9. The smallest absolute Gasteiger partial charge is 0.153 e. The summed E-state index contributed by atoms with van der Waals surface area (Å²) in [4.78, 5) is 4.57. The van der Waals surface area contributed by atoms with Crippen LogP contribution in [0.15, 0.2) is 79.4 Å². The van der Waals surface area contributed by atoms with Crippen LogP contribution < -0.4 is 0 Å². The Morgan fingerprint density at radius 2 is 1.68 bits per heavy atom. The molecular weight excluding hydrogens is 352 g/mol. The molecule has 0 fully saturated rings. The van der Waals surface area contributed by atoms with Gasteiger partial charge in [0.25, 0.3) is 0 Å². The minimum Gasteiger partial charge on any atom is -0.300 e. The third kappa shape index (κ3) is 2.77. The van der Waals surface area contributed by atoms with Gasteiger partial charge in [-0.3, -0.25) is 4.57 Å². The van der Waals surface area contributed by atoms with Crippen molar-refractivity contribution in [2.45, 2.75) is 6.92 Å². The first-order chi connectivity index (χ1) is 13.8. The number of hydrogen-bond acceptors (Lipinski definition) is 5. The monoisotopic (exact) mass is 368 g/mol. The number of hydrogen-bond donors (Lipinski definition) is 0. The van der Waals surface area contributed by atoms with E-state index in [0.29, 0.717) is 0 Å². The van der Waals surface area contributed by atoms with Crippen molar-refractivity contribution in [1.82, 2.24) is 39.5 Å². The van der Waals surface area contributed by atoms with Crippen LogP contribution in [0.25, 0.3) is 28.5 Å². The number of nitrogens with zero attached hydrogens (tertiary/aromatic N) is 8. The quantitative estimate of drug-likeness (QED) is 0.487. The van der Waals surface area contributed by atoms with E-state index in [9.17, 15) is 0 Å². The van der Waals surface area contributed by atoms with Gasteiger partial charge in [0.1, 0.15) is 5.82 Å². The summed E-state index contributed by atoms with van der Waals surface area (Å²) in [7, 11) is 0. The number of imidazole rings is 1. The van der Waals surface area contributed by atoms with E-state index in [2.05, 4.69) is 36.2 Å². The van der Waals surface area contributed by atoms with E-state index in [0.717, 1.165) is 34.3 Å². The van der Waals surface area contributed by atoms with Crippen molar-refractivity contribution in [3.05, 3.63) is 85.2 Å². The lowest BCUT2D eigenvalue weighted by molar-refractivity contribution is 0.779. The molecule has 0 aliphatic heterocycles. The van der Waals surface area contributed by atoms with E-state index in [1.807, 2.05) is 72.5 Å². The van der Waals surface area contributed by atoms with Gasteiger partial charge in [-0.1, -0.05) is 12.1 Å². The van der Waals surface area contributed by atoms with Gasteiger partial charge < -0.3 is 0 Å². The lowest BCUT2D eigenvalue weighted by Crippen LogP contribution is -2.01. The molecule has 28 heavy (non-hydrogen) atoms. The SMILES string of the molecule is Cc1nnnn1-c1ccc(-n2ccnc2-c2cccc(-n3cccn3)c2)cc1. The molecule has 3 aromatic heterocycles. The molecule has 0 bridgehead atoms. The average Bonchev–Trinajstić information content (AvgIpc) is 3.50. The Morgan fingerprint density at radius 1 is 0.821 bits per heavy atom. The Kier molecular flexibility index (Phi) is 3.79. The molecule has 0 amide bonds. The van der Waals surface area contributed by atoms with Crippen LogP contribution in [0.2, 0.25) is 0 Å².